The number of hydrogen-bond acceptors (Lipinski definition) is 4. The van der Waals surface area contributed by atoms with Gasteiger partial charge >= 0.3 is 6.18 Å². The summed E-state index contributed by atoms with van der Waals surface area (Å²) in [6.07, 6.45) is -3.87. The lowest BCUT2D eigenvalue weighted by Crippen LogP contribution is -2.13. The summed E-state index contributed by atoms with van der Waals surface area (Å²) in [6, 6.07) is 11.8. The first-order valence-corrected chi connectivity index (χ1v) is 9.23. The maximum Gasteiger partial charge on any atom is 0.416 e. The van der Waals surface area contributed by atoms with Crippen molar-refractivity contribution in [3.8, 4) is 5.75 Å². The highest BCUT2D eigenvalue weighted by atomic mass is 19.4. The quantitative estimate of drug-likeness (QED) is 0.399. The fourth-order valence-corrected chi connectivity index (χ4v) is 2.52. The number of hydrogen-bond donors (Lipinski definition) is 0. The lowest BCUT2D eigenvalue weighted by molar-refractivity contribution is -0.137. The molecule has 7 heteroatoms. The van der Waals surface area contributed by atoms with E-state index >= 15 is 0 Å². The zero-order valence-corrected chi connectivity index (χ0v) is 16.6. The fourth-order valence-electron chi connectivity index (χ4n) is 2.52. The van der Waals surface area contributed by atoms with Crippen molar-refractivity contribution in [1.29, 1.82) is 0 Å². The smallest absolute Gasteiger partial charge is 0.416 e. The second kappa shape index (κ2) is 10.1. The molecule has 0 aliphatic rings. The highest BCUT2D eigenvalue weighted by Crippen LogP contribution is 2.29. The third kappa shape index (κ3) is 7.60. The SMILES string of the molecule is C/C(=N\OCc1ccc(C(F)(F)F)cc1)c1ccc(OCC(=O)CC(C)C)cc1. The molecule has 0 aliphatic carbocycles. The Morgan fingerprint density at radius 3 is 2.21 bits per heavy atom. The van der Waals surface area contributed by atoms with Crippen LogP contribution in [0.1, 0.15) is 43.9 Å². The summed E-state index contributed by atoms with van der Waals surface area (Å²) in [6.45, 7) is 5.83. The monoisotopic (exact) mass is 407 g/mol. The molecule has 0 N–H and O–H groups in total. The molecule has 0 aromatic heterocycles. The molecule has 0 spiro atoms. The highest BCUT2D eigenvalue weighted by molar-refractivity contribution is 5.98. The average molecular weight is 407 g/mol. The van der Waals surface area contributed by atoms with Gasteiger partial charge in [0.1, 0.15) is 19.0 Å². The van der Waals surface area contributed by atoms with Gasteiger partial charge in [-0.25, -0.2) is 0 Å². The van der Waals surface area contributed by atoms with Crippen LogP contribution < -0.4 is 4.74 Å². The van der Waals surface area contributed by atoms with Crippen molar-refractivity contribution >= 4 is 11.5 Å². The molecule has 0 unspecified atom stereocenters. The minimum absolute atomic E-state index is 0.0425. The van der Waals surface area contributed by atoms with E-state index in [9.17, 15) is 18.0 Å². The van der Waals surface area contributed by atoms with Gasteiger partial charge in [0.25, 0.3) is 0 Å². The van der Waals surface area contributed by atoms with Gasteiger partial charge in [0.2, 0.25) is 0 Å². The van der Waals surface area contributed by atoms with Crippen LogP contribution in [0, 0.1) is 5.92 Å². The molecule has 4 nitrogen and oxygen atoms in total. The summed E-state index contributed by atoms with van der Waals surface area (Å²) in [7, 11) is 0. The first-order chi connectivity index (χ1) is 13.6. The third-order valence-corrected chi connectivity index (χ3v) is 4.02. The lowest BCUT2D eigenvalue weighted by atomic mass is 10.1. The average Bonchev–Trinajstić information content (AvgIpc) is 2.66. The van der Waals surface area contributed by atoms with E-state index in [1.165, 1.54) is 12.1 Å². The predicted molar refractivity (Wildman–Crippen MR) is 105 cm³/mol. The Morgan fingerprint density at radius 2 is 1.66 bits per heavy atom. The number of rotatable bonds is 9. The Bertz CT molecular complexity index is 826. The molecule has 0 radical (unpaired) electrons. The van der Waals surface area contributed by atoms with Crippen molar-refractivity contribution in [2.24, 2.45) is 11.1 Å². The second-order valence-corrected chi connectivity index (χ2v) is 7.09. The summed E-state index contributed by atoms with van der Waals surface area (Å²) in [4.78, 5) is 16.9. The topological polar surface area (TPSA) is 47.9 Å². The van der Waals surface area contributed by atoms with E-state index in [-0.39, 0.29) is 19.0 Å². The van der Waals surface area contributed by atoms with E-state index in [4.69, 9.17) is 9.57 Å². The summed E-state index contributed by atoms with van der Waals surface area (Å²) in [5.74, 6) is 0.942. The van der Waals surface area contributed by atoms with Crippen molar-refractivity contribution in [1.82, 2.24) is 0 Å². The molecule has 0 aliphatic heterocycles. The number of nitrogens with zero attached hydrogens (tertiary/aromatic N) is 1. The Hall–Kier alpha value is -2.83. The van der Waals surface area contributed by atoms with Gasteiger partial charge in [-0.05, 0) is 60.4 Å². The van der Waals surface area contributed by atoms with Gasteiger partial charge in [-0.1, -0.05) is 31.1 Å². The summed E-state index contributed by atoms with van der Waals surface area (Å²) >= 11 is 0. The maximum atomic E-state index is 12.6. The number of benzene rings is 2. The number of ketones is 1. The standard InChI is InChI=1S/C22H24F3NO3/c1-15(2)12-20(27)14-28-21-10-6-18(7-11-21)16(3)26-29-13-17-4-8-19(9-5-17)22(23,24)25/h4-11,15H,12-14H2,1-3H3/b26-16+. The Labute approximate surface area is 168 Å². The molecule has 0 amide bonds. The molecule has 156 valence electrons. The summed E-state index contributed by atoms with van der Waals surface area (Å²) in [5, 5.41) is 4.00. The van der Waals surface area contributed by atoms with E-state index in [1.54, 1.807) is 31.2 Å². The number of ether oxygens (including phenoxy) is 1. The zero-order chi connectivity index (χ0) is 21.4. The van der Waals surface area contributed by atoms with Gasteiger partial charge in [-0.3, -0.25) is 4.79 Å². The van der Waals surface area contributed by atoms with E-state index in [2.05, 4.69) is 5.16 Å². The van der Waals surface area contributed by atoms with E-state index < -0.39 is 11.7 Å². The molecule has 0 bridgehead atoms. The summed E-state index contributed by atoms with van der Waals surface area (Å²) in [5.41, 5.74) is 1.30. The number of halogens is 3. The van der Waals surface area contributed by atoms with E-state index in [1.807, 2.05) is 13.8 Å². The van der Waals surface area contributed by atoms with Crippen molar-refractivity contribution in [3.63, 3.8) is 0 Å². The number of carbonyl (C=O) groups is 1. The molecule has 0 atom stereocenters. The van der Waals surface area contributed by atoms with Crippen LogP contribution in [-0.2, 0) is 22.4 Å². The van der Waals surface area contributed by atoms with Gasteiger partial charge in [0, 0.05) is 6.42 Å². The van der Waals surface area contributed by atoms with Gasteiger partial charge in [-0.15, -0.1) is 0 Å². The Morgan fingerprint density at radius 1 is 1.03 bits per heavy atom. The van der Waals surface area contributed by atoms with Crippen LogP contribution >= 0.6 is 0 Å². The van der Waals surface area contributed by atoms with Gasteiger partial charge in [-0.2, -0.15) is 13.2 Å². The van der Waals surface area contributed by atoms with Crippen LogP contribution in [-0.4, -0.2) is 18.1 Å². The van der Waals surface area contributed by atoms with Gasteiger partial charge in [0.05, 0.1) is 11.3 Å². The van der Waals surface area contributed by atoms with Gasteiger partial charge < -0.3 is 9.57 Å². The molecule has 2 aromatic carbocycles. The molecular formula is C22H24F3NO3. The van der Waals surface area contributed by atoms with Crippen LogP contribution in [0.15, 0.2) is 53.7 Å². The van der Waals surface area contributed by atoms with Crippen molar-refractivity contribution in [2.45, 2.75) is 40.0 Å². The lowest BCUT2D eigenvalue weighted by Gasteiger charge is -2.08. The van der Waals surface area contributed by atoms with Crippen molar-refractivity contribution in [2.75, 3.05) is 6.61 Å². The first kappa shape index (κ1) is 22.5. The molecular weight excluding hydrogens is 383 g/mol. The minimum Gasteiger partial charge on any atom is -0.486 e. The van der Waals surface area contributed by atoms with Crippen molar-refractivity contribution in [3.05, 3.63) is 65.2 Å². The van der Waals surface area contributed by atoms with E-state index in [0.717, 1.165) is 17.7 Å². The van der Waals surface area contributed by atoms with Crippen LogP contribution in [0.5, 0.6) is 5.75 Å². The highest BCUT2D eigenvalue weighted by Gasteiger charge is 2.29. The first-order valence-electron chi connectivity index (χ1n) is 9.23. The normalized spacial score (nSPS) is 12.2. The molecule has 2 rings (SSSR count). The molecule has 29 heavy (non-hydrogen) atoms. The summed E-state index contributed by atoms with van der Waals surface area (Å²) < 4.78 is 43.1. The second-order valence-electron chi connectivity index (χ2n) is 7.09. The largest absolute Gasteiger partial charge is 0.486 e. The number of oxime groups is 1. The number of Topliss-reactive ketones (excluding diaryl/α,β-unsaturated/α-hetero) is 1. The van der Waals surface area contributed by atoms with Crippen LogP contribution in [0.25, 0.3) is 0 Å². The van der Waals surface area contributed by atoms with Gasteiger partial charge in [0.15, 0.2) is 5.78 Å². The number of alkyl halides is 3. The Balaban J connectivity index is 1.85. The molecule has 2 aromatic rings. The number of carbonyl (C=O) groups excluding carboxylic acids is 1. The predicted octanol–water partition coefficient (Wildman–Crippen LogP) is 5.64. The van der Waals surface area contributed by atoms with Crippen LogP contribution in [0.4, 0.5) is 13.2 Å². The van der Waals surface area contributed by atoms with Crippen LogP contribution in [0.2, 0.25) is 0 Å². The zero-order valence-electron chi connectivity index (χ0n) is 16.6. The van der Waals surface area contributed by atoms with E-state index in [0.29, 0.717) is 29.4 Å². The molecule has 0 fully saturated rings. The molecule has 0 saturated heterocycles. The third-order valence-electron chi connectivity index (χ3n) is 4.02. The maximum absolute atomic E-state index is 12.6. The Kier molecular flexibility index (Phi) is 7.82. The molecule has 0 heterocycles. The van der Waals surface area contributed by atoms with Crippen molar-refractivity contribution < 1.29 is 27.5 Å². The fraction of sp³-hybridized carbons (Fsp3) is 0.364. The van der Waals surface area contributed by atoms with Crippen LogP contribution in [0.3, 0.4) is 0 Å². The minimum atomic E-state index is -4.36. The molecule has 0 saturated carbocycles.